The Kier molecular flexibility index (Phi) is 5.16. The number of anilines is 2. The standard InChI is InChI=1S/C11H18N4O4/c1-3-5-15-10(17)8(9(12)14-11(15)18)13-6-7(16)19-4-2/h13H,3-6,12H2,1-2H3,(H,14,18). The minimum atomic E-state index is -0.564. The van der Waals surface area contributed by atoms with Crippen molar-refractivity contribution in [1.29, 1.82) is 0 Å². The summed E-state index contributed by atoms with van der Waals surface area (Å²) in [6.07, 6.45) is 0.629. The largest absolute Gasteiger partial charge is 0.465 e. The monoisotopic (exact) mass is 270 g/mol. The number of rotatable bonds is 6. The topological polar surface area (TPSA) is 119 Å². The molecule has 8 heteroatoms. The molecule has 0 amide bonds. The Hall–Kier alpha value is -2.25. The van der Waals surface area contributed by atoms with Crippen molar-refractivity contribution in [3.8, 4) is 0 Å². The molecule has 8 nitrogen and oxygen atoms in total. The maximum absolute atomic E-state index is 12.0. The fourth-order valence-electron chi connectivity index (χ4n) is 1.56. The molecular weight excluding hydrogens is 252 g/mol. The lowest BCUT2D eigenvalue weighted by Crippen LogP contribution is -2.38. The van der Waals surface area contributed by atoms with Gasteiger partial charge in [0.25, 0.3) is 5.56 Å². The molecule has 1 rings (SSSR count). The molecule has 106 valence electrons. The number of hydrogen-bond donors (Lipinski definition) is 3. The summed E-state index contributed by atoms with van der Waals surface area (Å²) in [6, 6.07) is 0. The van der Waals surface area contributed by atoms with Crippen molar-refractivity contribution >= 4 is 17.5 Å². The molecule has 0 saturated heterocycles. The highest BCUT2D eigenvalue weighted by molar-refractivity contribution is 5.76. The van der Waals surface area contributed by atoms with Gasteiger partial charge in [-0.25, -0.2) is 4.79 Å². The minimum Gasteiger partial charge on any atom is -0.465 e. The smallest absolute Gasteiger partial charge is 0.330 e. The van der Waals surface area contributed by atoms with E-state index in [9.17, 15) is 14.4 Å². The van der Waals surface area contributed by atoms with E-state index in [1.165, 1.54) is 0 Å². The van der Waals surface area contributed by atoms with Crippen LogP contribution in [0, 0.1) is 0 Å². The summed E-state index contributed by atoms with van der Waals surface area (Å²) >= 11 is 0. The molecule has 0 fully saturated rings. The van der Waals surface area contributed by atoms with Crippen molar-refractivity contribution < 1.29 is 9.53 Å². The van der Waals surface area contributed by atoms with Crippen LogP contribution in [0.2, 0.25) is 0 Å². The van der Waals surface area contributed by atoms with Crippen LogP contribution in [0.4, 0.5) is 11.5 Å². The molecule has 19 heavy (non-hydrogen) atoms. The summed E-state index contributed by atoms with van der Waals surface area (Å²) in [6.45, 7) is 3.87. The minimum absolute atomic E-state index is 0.00102. The molecule has 0 atom stereocenters. The number of nitrogens with zero attached hydrogens (tertiary/aromatic N) is 1. The summed E-state index contributed by atoms with van der Waals surface area (Å²) in [4.78, 5) is 37.1. The predicted octanol–water partition coefficient (Wildman–Crippen LogP) is -0.496. The Bertz CT molecular complexity index is 561. The average molecular weight is 270 g/mol. The summed E-state index contributed by atoms with van der Waals surface area (Å²) in [7, 11) is 0. The van der Waals surface area contributed by atoms with Gasteiger partial charge in [-0.05, 0) is 13.3 Å². The van der Waals surface area contributed by atoms with E-state index >= 15 is 0 Å². The van der Waals surface area contributed by atoms with Gasteiger partial charge in [0.05, 0.1) is 6.61 Å². The molecule has 1 aromatic rings. The highest BCUT2D eigenvalue weighted by atomic mass is 16.5. The number of carbonyl (C=O) groups is 1. The quantitative estimate of drug-likeness (QED) is 0.600. The van der Waals surface area contributed by atoms with Crippen molar-refractivity contribution in [2.24, 2.45) is 0 Å². The van der Waals surface area contributed by atoms with Crippen LogP contribution in [-0.4, -0.2) is 28.7 Å². The lowest BCUT2D eigenvalue weighted by molar-refractivity contribution is -0.140. The van der Waals surface area contributed by atoms with Crippen molar-refractivity contribution in [3.63, 3.8) is 0 Å². The van der Waals surface area contributed by atoms with Crippen LogP contribution in [0.25, 0.3) is 0 Å². The maximum atomic E-state index is 12.0. The number of nitrogens with two attached hydrogens (primary N) is 1. The van der Waals surface area contributed by atoms with Crippen LogP contribution in [0.15, 0.2) is 9.59 Å². The fraction of sp³-hybridized carbons (Fsp3) is 0.545. The van der Waals surface area contributed by atoms with E-state index in [0.717, 1.165) is 4.57 Å². The summed E-state index contributed by atoms with van der Waals surface area (Å²) in [5.41, 5.74) is 4.45. The third kappa shape index (κ3) is 3.60. The van der Waals surface area contributed by atoms with Crippen molar-refractivity contribution in [3.05, 3.63) is 20.8 Å². The number of esters is 1. The second-order valence-corrected chi connectivity index (χ2v) is 3.83. The molecule has 0 aromatic carbocycles. The molecule has 0 radical (unpaired) electrons. The SMILES string of the molecule is CCCn1c(=O)[nH]c(N)c(NCC(=O)OCC)c1=O. The number of aromatic amines is 1. The molecule has 0 bridgehead atoms. The molecule has 1 heterocycles. The molecule has 0 aliphatic carbocycles. The van der Waals surface area contributed by atoms with Crippen LogP contribution in [0.3, 0.4) is 0 Å². The predicted molar refractivity (Wildman–Crippen MR) is 71.1 cm³/mol. The second kappa shape index (κ2) is 6.62. The van der Waals surface area contributed by atoms with E-state index in [2.05, 4.69) is 10.3 Å². The van der Waals surface area contributed by atoms with Gasteiger partial charge in [-0.1, -0.05) is 6.92 Å². The molecule has 0 aliphatic rings. The normalized spacial score (nSPS) is 10.2. The van der Waals surface area contributed by atoms with Crippen LogP contribution in [0.1, 0.15) is 20.3 Å². The van der Waals surface area contributed by atoms with Gasteiger partial charge in [0.15, 0.2) is 0 Å². The van der Waals surface area contributed by atoms with Crippen LogP contribution in [0.5, 0.6) is 0 Å². The molecule has 1 aromatic heterocycles. The Morgan fingerprint density at radius 3 is 2.68 bits per heavy atom. The van der Waals surface area contributed by atoms with Gasteiger partial charge in [-0.2, -0.15) is 0 Å². The second-order valence-electron chi connectivity index (χ2n) is 3.83. The number of nitrogen functional groups attached to an aromatic ring is 1. The zero-order valence-corrected chi connectivity index (χ0v) is 11.0. The Labute approximate surface area is 109 Å². The first-order valence-corrected chi connectivity index (χ1v) is 6.03. The molecule has 4 N–H and O–H groups in total. The van der Waals surface area contributed by atoms with Crippen LogP contribution >= 0.6 is 0 Å². The molecule has 0 spiro atoms. The summed E-state index contributed by atoms with van der Waals surface area (Å²) < 4.78 is 5.75. The number of ether oxygens (including phenoxy) is 1. The van der Waals surface area contributed by atoms with E-state index in [1.54, 1.807) is 6.92 Å². The van der Waals surface area contributed by atoms with E-state index in [-0.39, 0.29) is 31.2 Å². The zero-order chi connectivity index (χ0) is 14.4. The third-order valence-electron chi connectivity index (χ3n) is 2.38. The van der Waals surface area contributed by atoms with E-state index in [0.29, 0.717) is 6.42 Å². The van der Waals surface area contributed by atoms with Crippen LogP contribution < -0.4 is 22.3 Å². The molecule has 0 unspecified atom stereocenters. The van der Waals surface area contributed by atoms with Gasteiger partial charge in [-0.15, -0.1) is 0 Å². The van der Waals surface area contributed by atoms with Gasteiger partial charge in [0, 0.05) is 6.54 Å². The first kappa shape index (κ1) is 14.8. The number of H-pyrrole nitrogens is 1. The van der Waals surface area contributed by atoms with Crippen molar-refractivity contribution in [1.82, 2.24) is 9.55 Å². The molecule has 0 saturated carbocycles. The molecular formula is C11H18N4O4. The highest BCUT2D eigenvalue weighted by Crippen LogP contribution is 2.06. The summed E-state index contributed by atoms with van der Waals surface area (Å²) in [5, 5.41) is 2.59. The van der Waals surface area contributed by atoms with Crippen molar-refractivity contribution in [2.75, 3.05) is 24.2 Å². The maximum Gasteiger partial charge on any atom is 0.330 e. The fourth-order valence-corrected chi connectivity index (χ4v) is 1.56. The summed E-state index contributed by atoms with van der Waals surface area (Å²) in [5.74, 6) is -0.596. The lowest BCUT2D eigenvalue weighted by Gasteiger charge is -2.10. The third-order valence-corrected chi connectivity index (χ3v) is 2.38. The Morgan fingerprint density at radius 2 is 2.11 bits per heavy atom. The molecule has 0 aliphatic heterocycles. The van der Waals surface area contributed by atoms with Gasteiger partial charge in [0.1, 0.15) is 18.1 Å². The van der Waals surface area contributed by atoms with Crippen molar-refractivity contribution in [2.45, 2.75) is 26.8 Å². The van der Waals surface area contributed by atoms with Gasteiger partial charge >= 0.3 is 11.7 Å². The number of hydrogen-bond acceptors (Lipinski definition) is 6. The first-order chi connectivity index (χ1) is 9.01. The number of aromatic nitrogens is 2. The van der Waals surface area contributed by atoms with Gasteiger partial charge in [0.2, 0.25) is 0 Å². The zero-order valence-electron chi connectivity index (χ0n) is 11.0. The highest BCUT2D eigenvalue weighted by Gasteiger charge is 2.12. The van der Waals surface area contributed by atoms with Gasteiger partial charge < -0.3 is 15.8 Å². The number of nitrogens with one attached hydrogen (secondary N) is 2. The number of carbonyl (C=O) groups excluding carboxylic acids is 1. The Balaban J connectivity index is 3.01. The first-order valence-electron chi connectivity index (χ1n) is 6.03. The Morgan fingerprint density at radius 1 is 1.42 bits per heavy atom. The van der Waals surface area contributed by atoms with E-state index in [1.807, 2.05) is 6.92 Å². The van der Waals surface area contributed by atoms with Crippen LogP contribution in [-0.2, 0) is 16.1 Å². The van der Waals surface area contributed by atoms with E-state index in [4.69, 9.17) is 10.5 Å². The lowest BCUT2D eigenvalue weighted by atomic mass is 10.4. The average Bonchev–Trinajstić information content (AvgIpc) is 2.34. The van der Waals surface area contributed by atoms with Gasteiger partial charge in [-0.3, -0.25) is 19.1 Å². The van der Waals surface area contributed by atoms with E-state index < -0.39 is 17.2 Å².